The minimum atomic E-state index is -1.02. The van der Waals surface area contributed by atoms with Crippen molar-refractivity contribution in [2.45, 2.75) is 37.8 Å². The first-order valence-electron chi connectivity index (χ1n) is 10.0. The van der Waals surface area contributed by atoms with Gasteiger partial charge in [0.1, 0.15) is 12.1 Å². The van der Waals surface area contributed by atoms with Gasteiger partial charge in [-0.05, 0) is 36.6 Å². The van der Waals surface area contributed by atoms with Crippen LogP contribution in [-0.2, 0) is 16.1 Å². The number of nitrogens with zero attached hydrogens (tertiary/aromatic N) is 1. The van der Waals surface area contributed by atoms with Crippen molar-refractivity contribution in [2.24, 2.45) is 0 Å². The zero-order valence-electron chi connectivity index (χ0n) is 17.3. The molecule has 30 heavy (non-hydrogen) atoms. The molecule has 0 saturated heterocycles. The summed E-state index contributed by atoms with van der Waals surface area (Å²) >= 11 is 0. The summed E-state index contributed by atoms with van der Waals surface area (Å²) in [5, 5.41) is 5.65. The first-order chi connectivity index (χ1) is 14.4. The van der Waals surface area contributed by atoms with Crippen molar-refractivity contribution >= 4 is 23.6 Å². The predicted octanol–water partition coefficient (Wildman–Crippen LogP) is 3.57. The molecule has 2 aromatic rings. The summed E-state index contributed by atoms with van der Waals surface area (Å²) in [4.78, 5) is 39.1. The van der Waals surface area contributed by atoms with E-state index in [9.17, 15) is 14.4 Å². The van der Waals surface area contributed by atoms with Crippen molar-refractivity contribution in [3.05, 3.63) is 65.7 Å². The van der Waals surface area contributed by atoms with E-state index in [2.05, 4.69) is 10.6 Å². The lowest BCUT2D eigenvalue weighted by molar-refractivity contribution is -0.122. The molecule has 1 aliphatic rings. The van der Waals surface area contributed by atoms with Crippen molar-refractivity contribution in [3.63, 3.8) is 0 Å². The smallest absolute Gasteiger partial charge is 0.408 e. The molecule has 0 aromatic heterocycles. The van der Waals surface area contributed by atoms with Gasteiger partial charge < -0.3 is 20.3 Å². The van der Waals surface area contributed by atoms with Crippen LogP contribution in [0.2, 0.25) is 0 Å². The van der Waals surface area contributed by atoms with Gasteiger partial charge in [0, 0.05) is 25.3 Å². The zero-order chi connectivity index (χ0) is 21.6. The topological polar surface area (TPSA) is 87.7 Å². The minimum absolute atomic E-state index is 0.138. The van der Waals surface area contributed by atoms with Crippen molar-refractivity contribution in [2.75, 3.05) is 19.4 Å². The Hall–Kier alpha value is -3.35. The third-order valence-corrected chi connectivity index (χ3v) is 5.22. The number of rotatable bonds is 6. The van der Waals surface area contributed by atoms with E-state index in [4.69, 9.17) is 4.74 Å². The number of ether oxygens (including phenoxy) is 1. The lowest BCUT2D eigenvalue weighted by Gasteiger charge is -2.28. The highest BCUT2D eigenvalue weighted by Crippen LogP contribution is 2.31. The van der Waals surface area contributed by atoms with E-state index in [1.807, 2.05) is 30.3 Å². The van der Waals surface area contributed by atoms with Crippen molar-refractivity contribution < 1.29 is 19.1 Å². The SMILES string of the molecule is CN(C)C(=O)c1cccc(NC(=O)C2(NC(=O)OCc3ccccc3)CCCC2)c1. The Balaban J connectivity index is 1.66. The molecule has 0 heterocycles. The molecular formula is C23H27N3O4. The van der Waals surface area contributed by atoms with Crippen LogP contribution < -0.4 is 10.6 Å². The van der Waals surface area contributed by atoms with Crippen LogP contribution in [0.25, 0.3) is 0 Å². The normalized spacial score (nSPS) is 14.6. The van der Waals surface area contributed by atoms with Gasteiger partial charge >= 0.3 is 6.09 Å². The summed E-state index contributed by atoms with van der Waals surface area (Å²) in [6.45, 7) is 0.138. The second-order valence-electron chi connectivity index (χ2n) is 7.71. The van der Waals surface area contributed by atoms with E-state index < -0.39 is 11.6 Å². The van der Waals surface area contributed by atoms with Crippen LogP contribution >= 0.6 is 0 Å². The molecule has 0 bridgehead atoms. The summed E-state index contributed by atoms with van der Waals surface area (Å²) in [6, 6.07) is 16.1. The van der Waals surface area contributed by atoms with Crippen LogP contribution in [0.3, 0.4) is 0 Å². The first-order valence-corrected chi connectivity index (χ1v) is 10.0. The van der Waals surface area contributed by atoms with Crippen LogP contribution in [0.4, 0.5) is 10.5 Å². The molecule has 158 valence electrons. The Kier molecular flexibility index (Phi) is 6.72. The van der Waals surface area contributed by atoms with Crippen molar-refractivity contribution in [1.82, 2.24) is 10.2 Å². The van der Waals surface area contributed by atoms with Gasteiger partial charge in [-0.15, -0.1) is 0 Å². The molecule has 2 N–H and O–H groups in total. The minimum Gasteiger partial charge on any atom is -0.445 e. The fourth-order valence-corrected chi connectivity index (χ4v) is 3.58. The molecule has 7 heteroatoms. The number of anilines is 1. The number of carbonyl (C=O) groups excluding carboxylic acids is 3. The van der Waals surface area contributed by atoms with E-state index in [0.29, 0.717) is 24.1 Å². The molecule has 0 spiro atoms. The predicted molar refractivity (Wildman–Crippen MR) is 114 cm³/mol. The number of amides is 3. The highest BCUT2D eigenvalue weighted by Gasteiger charge is 2.43. The molecular weight excluding hydrogens is 382 g/mol. The van der Waals surface area contributed by atoms with Crippen LogP contribution in [0.1, 0.15) is 41.6 Å². The molecule has 3 rings (SSSR count). The third-order valence-electron chi connectivity index (χ3n) is 5.22. The largest absolute Gasteiger partial charge is 0.445 e. The van der Waals surface area contributed by atoms with Gasteiger partial charge in [-0.3, -0.25) is 9.59 Å². The summed E-state index contributed by atoms with van der Waals surface area (Å²) in [6.07, 6.45) is 2.13. The summed E-state index contributed by atoms with van der Waals surface area (Å²) in [5.74, 6) is -0.449. The lowest BCUT2D eigenvalue weighted by atomic mass is 9.96. The quantitative estimate of drug-likeness (QED) is 0.764. The molecule has 7 nitrogen and oxygen atoms in total. The Morgan fingerprint density at radius 2 is 1.70 bits per heavy atom. The average molecular weight is 409 g/mol. The second-order valence-corrected chi connectivity index (χ2v) is 7.71. The fraction of sp³-hybridized carbons (Fsp3) is 0.348. The van der Waals surface area contributed by atoms with Crippen LogP contribution in [0.15, 0.2) is 54.6 Å². The van der Waals surface area contributed by atoms with Crippen LogP contribution in [0, 0.1) is 0 Å². The monoisotopic (exact) mass is 409 g/mol. The number of hydrogen-bond acceptors (Lipinski definition) is 4. The second kappa shape index (κ2) is 9.43. The molecule has 0 atom stereocenters. The van der Waals surface area contributed by atoms with Gasteiger partial charge in [0.25, 0.3) is 5.91 Å². The first kappa shape index (κ1) is 21.4. The summed E-state index contributed by atoms with van der Waals surface area (Å²) in [5.41, 5.74) is 0.849. The summed E-state index contributed by atoms with van der Waals surface area (Å²) < 4.78 is 5.31. The van der Waals surface area contributed by atoms with Gasteiger partial charge in [-0.2, -0.15) is 0 Å². The fourth-order valence-electron chi connectivity index (χ4n) is 3.58. The summed E-state index contributed by atoms with van der Waals surface area (Å²) in [7, 11) is 3.35. The highest BCUT2D eigenvalue weighted by molar-refractivity contribution is 6.01. The van der Waals surface area contributed by atoms with Crippen molar-refractivity contribution in [3.8, 4) is 0 Å². The Labute approximate surface area is 176 Å². The molecule has 2 aromatic carbocycles. The van der Waals surface area contributed by atoms with Crippen LogP contribution in [-0.4, -0.2) is 42.4 Å². The van der Waals surface area contributed by atoms with E-state index in [1.54, 1.807) is 38.4 Å². The number of nitrogens with one attached hydrogen (secondary N) is 2. The van der Waals surface area contributed by atoms with Gasteiger partial charge in [0.2, 0.25) is 5.91 Å². The highest BCUT2D eigenvalue weighted by atomic mass is 16.5. The molecule has 1 saturated carbocycles. The number of benzene rings is 2. The maximum absolute atomic E-state index is 13.1. The van der Waals surface area contributed by atoms with Crippen molar-refractivity contribution in [1.29, 1.82) is 0 Å². The van der Waals surface area contributed by atoms with Gasteiger partial charge in [-0.25, -0.2) is 4.79 Å². The number of carbonyl (C=O) groups is 3. The molecule has 0 aliphatic heterocycles. The average Bonchev–Trinajstić information content (AvgIpc) is 3.22. The molecule has 3 amide bonds. The number of alkyl carbamates (subject to hydrolysis) is 1. The van der Waals surface area contributed by atoms with E-state index in [1.165, 1.54) is 4.90 Å². The standard InChI is InChI=1S/C23H27N3O4/c1-26(2)20(27)18-11-8-12-19(15-18)24-21(28)23(13-6-7-14-23)25-22(29)30-16-17-9-4-3-5-10-17/h3-5,8-12,15H,6-7,13-14,16H2,1-2H3,(H,24,28)(H,25,29). The van der Waals surface area contributed by atoms with Gasteiger partial charge in [0.15, 0.2) is 0 Å². The van der Waals surface area contributed by atoms with E-state index in [-0.39, 0.29) is 18.4 Å². The Bertz CT molecular complexity index is 906. The maximum Gasteiger partial charge on any atom is 0.408 e. The van der Waals surface area contributed by atoms with E-state index >= 15 is 0 Å². The zero-order valence-corrected chi connectivity index (χ0v) is 17.3. The Morgan fingerprint density at radius 1 is 1.00 bits per heavy atom. The maximum atomic E-state index is 13.1. The van der Waals surface area contributed by atoms with Gasteiger partial charge in [0.05, 0.1) is 0 Å². The van der Waals surface area contributed by atoms with Crippen LogP contribution in [0.5, 0.6) is 0 Å². The molecule has 1 fully saturated rings. The van der Waals surface area contributed by atoms with E-state index in [0.717, 1.165) is 18.4 Å². The van der Waals surface area contributed by atoms with Gasteiger partial charge in [-0.1, -0.05) is 49.2 Å². The molecule has 1 aliphatic carbocycles. The lowest BCUT2D eigenvalue weighted by Crippen LogP contribution is -2.55. The third kappa shape index (κ3) is 5.17. The Morgan fingerprint density at radius 3 is 2.37 bits per heavy atom. The molecule has 0 unspecified atom stereocenters. The molecule has 0 radical (unpaired) electrons. The number of hydrogen-bond donors (Lipinski definition) is 2.